The van der Waals surface area contributed by atoms with Crippen LogP contribution in [0.15, 0.2) is 29.3 Å². The van der Waals surface area contributed by atoms with E-state index in [0.717, 1.165) is 0 Å². The molecule has 27 heavy (non-hydrogen) atoms. The molecule has 0 bridgehead atoms. The van der Waals surface area contributed by atoms with Gasteiger partial charge in [0.05, 0.1) is 5.41 Å². The summed E-state index contributed by atoms with van der Waals surface area (Å²) in [5.41, 5.74) is 4.19. The summed E-state index contributed by atoms with van der Waals surface area (Å²) in [7, 11) is 1.50. The Bertz CT molecular complexity index is 807. The number of aliphatic imine (C=N–C) groups is 1. The Morgan fingerprint density at radius 2 is 1.93 bits per heavy atom. The molecule has 0 radical (unpaired) electrons. The van der Waals surface area contributed by atoms with Gasteiger partial charge in [0.1, 0.15) is 5.54 Å². The monoisotopic (exact) mass is 386 g/mol. The van der Waals surface area contributed by atoms with Gasteiger partial charge in [0.2, 0.25) is 12.0 Å². The number of hydrogen-bond acceptors (Lipinski definition) is 5. The maximum atomic E-state index is 12.6. The van der Waals surface area contributed by atoms with Crippen LogP contribution in [0.5, 0.6) is 0 Å². The van der Waals surface area contributed by atoms with E-state index in [0.29, 0.717) is 5.56 Å². The summed E-state index contributed by atoms with van der Waals surface area (Å²) in [5, 5.41) is 11.1. The predicted molar refractivity (Wildman–Crippen MR) is 92.7 cm³/mol. The minimum atomic E-state index is -5.07. The molecule has 2 rings (SSSR count). The van der Waals surface area contributed by atoms with E-state index in [4.69, 9.17) is 10.8 Å². The quantitative estimate of drug-likeness (QED) is 0.733. The number of carbonyl (C=O) groups excluding carboxylic acids is 2. The zero-order chi connectivity index (χ0) is 20.8. The van der Waals surface area contributed by atoms with Crippen LogP contribution in [-0.2, 0) is 15.1 Å². The SMILES string of the molecule is CN1C(=O)C(C)(C)C(C)(c2cccc(NC(=O)C(O)C(F)(F)F)c2)N=C1N. The number of hydrogen-bond donors (Lipinski definition) is 3. The van der Waals surface area contributed by atoms with Crippen molar-refractivity contribution in [1.29, 1.82) is 0 Å². The zero-order valence-electron chi connectivity index (χ0n) is 15.3. The number of nitrogens with one attached hydrogen (secondary N) is 1. The summed E-state index contributed by atoms with van der Waals surface area (Å²) in [6.07, 6.45) is -8.22. The topological polar surface area (TPSA) is 108 Å². The van der Waals surface area contributed by atoms with E-state index in [1.54, 1.807) is 26.8 Å². The van der Waals surface area contributed by atoms with E-state index in [9.17, 15) is 22.8 Å². The average molecular weight is 386 g/mol. The van der Waals surface area contributed by atoms with Crippen molar-refractivity contribution in [3.05, 3.63) is 29.8 Å². The van der Waals surface area contributed by atoms with Crippen LogP contribution >= 0.6 is 0 Å². The number of guanidine groups is 1. The maximum absolute atomic E-state index is 12.6. The molecule has 0 spiro atoms. The zero-order valence-corrected chi connectivity index (χ0v) is 15.3. The molecule has 148 valence electrons. The van der Waals surface area contributed by atoms with Crippen LogP contribution in [0.2, 0.25) is 0 Å². The number of nitrogens with two attached hydrogens (primary N) is 1. The summed E-state index contributed by atoms with van der Waals surface area (Å²) in [6.45, 7) is 5.04. The molecule has 2 atom stereocenters. The lowest BCUT2D eigenvalue weighted by atomic mass is 9.68. The first kappa shape index (κ1) is 20.7. The highest BCUT2D eigenvalue weighted by atomic mass is 19.4. The van der Waals surface area contributed by atoms with Crippen molar-refractivity contribution < 1.29 is 27.9 Å². The van der Waals surface area contributed by atoms with Crippen molar-refractivity contribution >= 4 is 23.5 Å². The van der Waals surface area contributed by atoms with E-state index in [1.165, 1.54) is 30.1 Å². The van der Waals surface area contributed by atoms with Crippen molar-refractivity contribution in [2.75, 3.05) is 12.4 Å². The van der Waals surface area contributed by atoms with Crippen LogP contribution < -0.4 is 11.1 Å². The first-order chi connectivity index (χ1) is 12.2. The second kappa shape index (κ2) is 6.52. The molecule has 1 aromatic rings. The fourth-order valence-electron chi connectivity index (χ4n) is 2.86. The normalized spacial score (nSPS) is 23.6. The van der Waals surface area contributed by atoms with Gasteiger partial charge in [0.15, 0.2) is 5.96 Å². The maximum Gasteiger partial charge on any atom is 0.423 e. The van der Waals surface area contributed by atoms with Crippen LogP contribution in [-0.4, -0.2) is 47.1 Å². The minimum absolute atomic E-state index is 0.00348. The fourth-order valence-corrected chi connectivity index (χ4v) is 2.86. The summed E-state index contributed by atoms with van der Waals surface area (Å²) >= 11 is 0. The molecule has 10 heteroatoms. The van der Waals surface area contributed by atoms with Crippen LogP contribution in [0, 0.1) is 5.41 Å². The van der Waals surface area contributed by atoms with E-state index in [1.807, 2.05) is 5.32 Å². The Kier molecular flexibility index (Phi) is 5.00. The third kappa shape index (κ3) is 3.48. The second-order valence-electron chi connectivity index (χ2n) is 7.05. The highest BCUT2D eigenvalue weighted by molar-refractivity contribution is 6.01. The Balaban J connectivity index is 2.42. The summed E-state index contributed by atoms with van der Waals surface area (Å²) in [6, 6.07) is 5.90. The molecule has 2 amide bonds. The van der Waals surface area contributed by atoms with Gasteiger partial charge in [-0.2, -0.15) is 13.2 Å². The van der Waals surface area contributed by atoms with Gasteiger partial charge in [-0.25, -0.2) is 4.99 Å². The van der Waals surface area contributed by atoms with Gasteiger partial charge in [0, 0.05) is 12.7 Å². The molecule has 0 aromatic heterocycles. The number of rotatable bonds is 3. The third-order valence-electron chi connectivity index (χ3n) is 4.99. The molecule has 1 aromatic carbocycles. The highest BCUT2D eigenvalue weighted by Gasteiger charge is 2.52. The first-order valence-corrected chi connectivity index (χ1v) is 8.01. The van der Waals surface area contributed by atoms with Gasteiger partial charge in [0.25, 0.3) is 5.91 Å². The van der Waals surface area contributed by atoms with E-state index in [2.05, 4.69) is 4.99 Å². The molecular formula is C17H21F3N4O3. The fraction of sp³-hybridized carbons (Fsp3) is 0.471. The molecule has 0 saturated carbocycles. The molecule has 2 unspecified atom stereocenters. The number of nitrogens with zero attached hydrogens (tertiary/aromatic N) is 2. The number of amides is 2. The molecule has 0 saturated heterocycles. The second-order valence-corrected chi connectivity index (χ2v) is 7.05. The number of alkyl halides is 3. The van der Waals surface area contributed by atoms with Crippen LogP contribution in [0.3, 0.4) is 0 Å². The Hall–Kier alpha value is -2.62. The number of benzene rings is 1. The van der Waals surface area contributed by atoms with Gasteiger partial charge in [-0.1, -0.05) is 12.1 Å². The van der Waals surface area contributed by atoms with Crippen molar-refractivity contribution in [2.45, 2.75) is 38.6 Å². The summed E-state index contributed by atoms with van der Waals surface area (Å²) in [4.78, 5) is 29.9. The summed E-state index contributed by atoms with van der Waals surface area (Å²) in [5.74, 6) is -1.88. The van der Waals surface area contributed by atoms with Crippen LogP contribution in [0.25, 0.3) is 0 Å². The van der Waals surface area contributed by atoms with Crippen LogP contribution in [0.4, 0.5) is 18.9 Å². The molecular weight excluding hydrogens is 365 g/mol. The van der Waals surface area contributed by atoms with Crippen LogP contribution in [0.1, 0.15) is 26.3 Å². The molecule has 1 aliphatic rings. The number of aliphatic hydroxyl groups excluding tert-OH is 1. The lowest BCUT2D eigenvalue weighted by molar-refractivity contribution is -0.202. The third-order valence-corrected chi connectivity index (χ3v) is 4.99. The van der Waals surface area contributed by atoms with Gasteiger partial charge in [-0.3, -0.25) is 14.5 Å². The van der Waals surface area contributed by atoms with Crippen molar-refractivity contribution in [3.63, 3.8) is 0 Å². The first-order valence-electron chi connectivity index (χ1n) is 8.01. The molecule has 4 N–H and O–H groups in total. The smallest absolute Gasteiger partial charge is 0.376 e. The number of halogens is 3. The standard InChI is InChI=1S/C17H21F3N4O3/c1-15(2)13(27)24(4)14(21)23-16(15,3)9-6-5-7-10(8-9)22-12(26)11(25)17(18,19)20/h5-8,11,25H,1-4H3,(H2,21,23)(H,22,26). The Morgan fingerprint density at radius 1 is 1.33 bits per heavy atom. The number of aliphatic hydroxyl groups is 1. The molecule has 1 heterocycles. The predicted octanol–water partition coefficient (Wildman–Crippen LogP) is 1.58. The van der Waals surface area contributed by atoms with E-state index in [-0.39, 0.29) is 17.6 Å². The lowest BCUT2D eigenvalue weighted by Crippen LogP contribution is -2.58. The Morgan fingerprint density at radius 3 is 2.48 bits per heavy atom. The number of anilines is 1. The van der Waals surface area contributed by atoms with E-state index < -0.39 is 29.1 Å². The van der Waals surface area contributed by atoms with Crippen molar-refractivity contribution in [3.8, 4) is 0 Å². The van der Waals surface area contributed by atoms with Gasteiger partial charge in [-0.05, 0) is 38.5 Å². The molecule has 0 fully saturated rings. The number of carbonyl (C=O) groups is 2. The van der Waals surface area contributed by atoms with Gasteiger partial charge >= 0.3 is 6.18 Å². The van der Waals surface area contributed by atoms with Crippen molar-refractivity contribution in [2.24, 2.45) is 16.1 Å². The van der Waals surface area contributed by atoms with Gasteiger partial charge in [-0.15, -0.1) is 0 Å². The molecule has 1 aliphatic heterocycles. The molecule has 7 nitrogen and oxygen atoms in total. The average Bonchev–Trinajstić information content (AvgIpc) is 2.57. The molecule has 0 aliphatic carbocycles. The lowest BCUT2D eigenvalue weighted by Gasteiger charge is -2.46. The summed E-state index contributed by atoms with van der Waals surface area (Å²) < 4.78 is 37.4. The Labute approximate surface area is 154 Å². The van der Waals surface area contributed by atoms with E-state index >= 15 is 0 Å². The highest BCUT2D eigenvalue weighted by Crippen LogP contribution is 2.46. The largest absolute Gasteiger partial charge is 0.423 e. The minimum Gasteiger partial charge on any atom is -0.376 e. The van der Waals surface area contributed by atoms with Gasteiger partial charge < -0.3 is 16.2 Å². The van der Waals surface area contributed by atoms with Crippen molar-refractivity contribution in [1.82, 2.24) is 4.90 Å².